The number of rotatable bonds is 14. The molecule has 8 nitrogen and oxygen atoms in total. The Labute approximate surface area is 263 Å². The van der Waals surface area contributed by atoms with Gasteiger partial charge in [0.25, 0.3) is 0 Å². The van der Waals surface area contributed by atoms with Crippen molar-refractivity contribution in [2.45, 2.75) is 89.6 Å². The van der Waals surface area contributed by atoms with Crippen LogP contribution in [0.25, 0.3) is 0 Å². The average Bonchev–Trinajstić information content (AvgIpc) is 2.99. The van der Waals surface area contributed by atoms with Crippen LogP contribution in [-0.4, -0.2) is 57.6 Å². The lowest BCUT2D eigenvalue weighted by molar-refractivity contribution is -0.140. The summed E-state index contributed by atoms with van der Waals surface area (Å²) in [5.74, 6) is 2.48. The first-order chi connectivity index (χ1) is 21.0. The third-order valence-corrected chi connectivity index (χ3v) is 11.4. The molecular formula is C35H49N3O5S. The van der Waals surface area contributed by atoms with Crippen LogP contribution in [0.2, 0.25) is 0 Å². The summed E-state index contributed by atoms with van der Waals surface area (Å²) in [7, 11) is -2.20. The van der Waals surface area contributed by atoms with Gasteiger partial charge in [-0.3, -0.25) is 13.9 Å². The van der Waals surface area contributed by atoms with E-state index in [0.29, 0.717) is 24.4 Å². The Balaban J connectivity index is 1.39. The summed E-state index contributed by atoms with van der Waals surface area (Å²) >= 11 is 0. The van der Waals surface area contributed by atoms with Gasteiger partial charge in [-0.2, -0.15) is 0 Å². The Morgan fingerprint density at radius 3 is 2.05 bits per heavy atom. The van der Waals surface area contributed by atoms with Gasteiger partial charge in [0.1, 0.15) is 18.3 Å². The van der Waals surface area contributed by atoms with Crippen molar-refractivity contribution in [3.05, 3.63) is 59.7 Å². The van der Waals surface area contributed by atoms with Gasteiger partial charge in [0, 0.05) is 13.1 Å². The van der Waals surface area contributed by atoms with E-state index in [4.69, 9.17) is 4.74 Å². The standard InChI is InChI=1S/C35H49N3O5S/c1-5-7-16-36-34(40)32(6-2)37(23-25-8-14-31(43-3)15-9-25)33(39)24-38(44(4,41)42)30-12-10-29(11-13-30)35-20-26-17-27(21-35)19-28(18-26)22-35/h8-15,26-28,32H,5-7,16-24H2,1-4H3,(H,36,40)/t26?,27?,28?,32-,35?/m1/s1. The van der Waals surface area contributed by atoms with Crippen LogP contribution in [0.15, 0.2) is 48.5 Å². The molecule has 0 aromatic heterocycles. The first-order valence-corrected chi connectivity index (χ1v) is 18.2. The van der Waals surface area contributed by atoms with Gasteiger partial charge in [-0.15, -0.1) is 0 Å². The summed E-state index contributed by atoms with van der Waals surface area (Å²) in [6.07, 6.45) is 11.1. The van der Waals surface area contributed by atoms with E-state index in [1.807, 2.05) is 43.3 Å². The van der Waals surface area contributed by atoms with Crippen molar-refractivity contribution in [2.75, 3.05) is 30.8 Å². The minimum atomic E-state index is -3.79. The van der Waals surface area contributed by atoms with E-state index in [2.05, 4.69) is 24.4 Å². The summed E-state index contributed by atoms with van der Waals surface area (Å²) < 4.78 is 32.7. The van der Waals surface area contributed by atoms with Crippen LogP contribution in [0.5, 0.6) is 5.75 Å². The Morgan fingerprint density at radius 1 is 0.955 bits per heavy atom. The number of methoxy groups -OCH3 is 1. The number of nitrogens with zero attached hydrogens (tertiary/aromatic N) is 2. The molecule has 0 saturated heterocycles. The van der Waals surface area contributed by atoms with Crippen LogP contribution in [0.4, 0.5) is 5.69 Å². The van der Waals surface area contributed by atoms with Crippen molar-refractivity contribution in [3.63, 3.8) is 0 Å². The van der Waals surface area contributed by atoms with Gasteiger partial charge in [0.15, 0.2) is 0 Å². The van der Waals surface area contributed by atoms with E-state index >= 15 is 0 Å². The largest absolute Gasteiger partial charge is 0.497 e. The number of nitrogens with one attached hydrogen (secondary N) is 1. The minimum Gasteiger partial charge on any atom is -0.497 e. The summed E-state index contributed by atoms with van der Waals surface area (Å²) in [6, 6.07) is 14.5. The average molecular weight is 624 g/mol. The second-order valence-corrected chi connectivity index (χ2v) is 15.4. The van der Waals surface area contributed by atoms with Gasteiger partial charge in [-0.1, -0.05) is 44.5 Å². The van der Waals surface area contributed by atoms with Crippen molar-refractivity contribution in [3.8, 4) is 5.75 Å². The zero-order valence-electron chi connectivity index (χ0n) is 26.8. The number of carbonyl (C=O) groups excluding carboxylic acids is 2. The molecule has 0 spiro atoms. The maximum absolute atomic E-state index is 14.0. The molecule has 9 heteroatoms. The van der Waals surface area contributed by atoms with Gasteiger partial charge in [0.05, 0.1) is 19.1 Å². The van der Waals surface area contributed by atoms with Gasteiger partial charge >= 0.3 is 0 Å². The summed E-state index contributed by atoms with van der Waals surface area (Å²) in [5, 5.41) is 2.96. The molecule has 0 heterocycles. The summed E-state index contributed by atoms with van der Waals surface area (Å²) in [6.45, 7) is 4.24. The van der Waals surface area contributed by atoms with Crippen molar-refractivity contribution in [1.82, 2.24) is 10.2 Å². The second-order valence-electron chi connectivity index (χ2n) is 13.5. The number of hydrogen-bond donors (Lipinski definition) is 1. The fourth-order valence-electron chi connectivity index (χ4n) is 8.41. The first-order valence-electron chi connectivity index (χ1n) is 16.3. The van der Waals surface area contributed by atoms with E-state index in [1.165, 1.54) is 53.3 Å². The minimum absolute atomic E-state index is 0.172. The van der Waals surface area contributed by atoms with Crippen molar-refractivity contribution < 1.29 is 22.7 Å². The lowest BCUT2D eigenvalue weighted by Crippen LogP contribution is -2.52. The van der Waals surface area contributed by atoms with Crippen molar-refractivity contribution in [1.29, 1.82) is 0 Å². The molecule has 2 amide bonds. The molecule has 4 saturated carbocycles. The van der Waals surface area contributed by atoms with Crippen LogP contribution in [-0.2, 0) is 31.6 Å². The zero-order valence-corrected chi connectivity index (χ0v) is 27.6. The predicted octanol–water partition coefficient (Wildman–Crippen LogP) is 5.65. The number of benzene rings is 2. The molecule has 4 bridgehead atoms. The molecule has 2 aromatic rings. The lowest BCUT2D eigenvalue weighted by Gasteiger charge is -2.57. The van der Waals surface area contributed by atoms with Gasteiger partial charge in [-0.25, -0.2) is 8.42 Å². The number of amides is 2. The SMILES string of the molecule is CCCCNC(=O)[C@@H](CC)N(Cc1ccc(OC)cc1)C(=O)CN(c1ccc(C23CC4CC(CC(C4)C2)C3)cc1)S(C)(=O)=O. The lowest BCUT2D eigenvalue weighted by atomic mass is 9.48. The smallest absolute Gasteiger partial charge is 0.244 e. The molecule has 2 aromatic carbocycles. The van der Waals surface area contributed by atoms with Crippen molar-refractivity contribution >= 4 is 27.5 Å². The molecule has 0 aliphatic heterocycles. The molecule has 4 fully saturated rings. The summed E-state index contributed by atoms with van der Waals surface area (Å²) in [4.78, 5) is 28.8. The van der Waals surface area contributed by atoms with Crippen LogP contribution in [0.1, 0.15) is 82.8 Å². The Hall–Kier alpha value is -3.07. The molecule has 4 aliphatic rings. The molecule has 4 aliphatic carbocycles. The molecule has 0 radical (unpaired) electrons. The van der Waals surface area contributed by atoms with Crippen LogP contribution in [0, 0.1) is 17.8 Å². The molecule has 0 unspecified atom stereocenters. The van der Waals surface area contributed by atoms with E-state index in [0.717, 1.165) is 42.4 Å². The van der Waals surface area contributed by atoms with Gasteiger partial charge < -0.3 is 15.0 Å². The molecular weight excluding hydrogens is 574 g/mol. The third-order valence-electron chi connectivity index (χ3n) is 10.2. The normalized spacial score (nSPS) is 24.5. The fraction of sp³-hybridized carbons (Fsp3) is 0.600. The van der Waals surface area contributed by atoms with E-state index in [-0.39, 0.29) is 24.4 Å². The number of unbranched alkanes of at least 4 members (excludes halogenated alkanes) is 1. The number of anilines is 1. The Kier molecular flexibility index (Phi) is 9.93. The maximum Gasteiger partial charge on any atom is 0.244 e. The maximum atomic E-state index is 14.0. The highest BCUT2D eigenvalue weighted by atomic mass is 32.2. The zero-order chi connectivity index (χ0) is 31.5. The molecule has 6 rings (SSSR count). The second kappa shape index (κ2) is 13.5. The van der Waals surface area contributed by atoms with Crippen LogP contribution >= 0.6 is 0 Å². The van der Waals surface area contributed by atoms with E-state index in [1.54, 1.807) is 7.11 Å². The Bertz CT molecular complexity index is 1370. The molecule has 240 valence electrons. The molecule has 1 atom stereocenters. The first kappa shape index (κ1) is 32.3. The fourth-order valence-corrected chi connectivity index (χ4v) is 9.26. The van der Waals surface area contributed by atoms with Crippen LogP contribution in [0.3, 0.4) is 0 Å². The highest BCUT2D eigenvalue weighted by molar-refractivity contribution is 7.92. The van der Waals surface area contributed by atoms with Crippen molar-refractivity contribution in [2.24, 2.45) is 17.8 Å². The Morgan fingerprint density at radius 2 is 1.55 bits per heavy atom. The number of sulfonamides is 1. The highest BCUT2D eigenvalue weighted by Gasteiger charge is 2.51. The third kappa shape index (κ3) is 7.08. The van der Waals surface area contributed by atoms with Gasteiger partial charge in [0.2, 0.25) is 21.8 Å². The monoisotopic (exact) mass is 623 g/mol. The summed E-state index contributed by atoms with van der Waals surface area (Å²) in [5.41, 5.74) is 2.80. The van der Waals surface area contributed by atoms with E-state index < -0.39 is 22.0 Å². The topological polar surface area (TPSA) is 96.0 Å². The molecule has 1 N–H and O–H groups in total. The number of carbonyl (C=O) groups is 2. The van der Waals surface area contributed by atoms with Gasteiger partial charge in [-0.05, 0) is 110 Å². The number of ether oxygens (including phenoxy) is 1. The number of hydrogen-bond acceptors (Lipinski definition) is 5. The predicted molar refractivity (Wildman–Crippen MR) is 174 cm³/mol. The molecule has 44 heavy (non-hydrogen) atoms. The van der Waals surface area contributed by atoms with Crippen LogP contribution < -0.4 is 14.4 Å². The van der Waals surface area contributed by atoms with E-state index in [9.17, 15) is 18.0 Å². The highest BCUT2D eigenvalue weighted by Crippen LogP contribution is 2.60. The quantitative estimate of drug-likeness (QED) is 0.274.